The highest BCUT2D eigenvalue weighted by molar-refractivity contribution is 5.39. The molecular weight excluding hydrogens is 155 g/mol. The van der Waals surface area contributed by atoms with Crippen molar-refractivity contribution < 1.29 is 4.39 Å². The second kappa shape index (κ2) is 3.33. The maximum Gasteiger partial charge on any atom is 0.124 e. The molecule has 0 bridgehead atoms. The lowest BCUT2D eigenvalue weighted by atomic mass is 10.0. The third kappa shape index (κ3) is 1.60. The SMILES string of the molecule is C[C@H](N)c1ccc(F)cc1C#N. The molecule has 0 radical (unpaired) electrons. The summed E-state index contributed by atoms with van der Waals surface area (Å²) in [6, 6.07) is 5.70. The summed E-state index contributed by atoms with van der Waals surface area (Å²) >= 11 is 0. The largest absolute Gasteiger partial charge is 0.324 e. The number of nitriles is 1. The van der Waals surface area contributed by atoms with Crippen molar-refractivity contribution in [2.75, 3.05) is 0 Å². The van der Waals surface area contributed by atoms with Crippen molar-refractivity contribution in [3.63, 3.8) is 0 Å². The minimum absolute atomic E-state index is 0.236. The van der Waals surface area contributed by atoms with Crippen LogP contribution in [0.3, 0.4) is 0 Å². The Morgan fingerprint density at radius 1 is 1.58 bits per heavy atom. The van der Waals surface area contributed by atoms with Crippen molar-refractivity contribution >= 4 is 0 Å². The van der Waals surface area contributed by atoms with Crippen LogP contribution in [0, 0.1) is 17.1 Å². The molecule has 62 valence electrons. The Bertz CT molecular complexity index is 326. The molecule has 2 N–H and O–H groups in total. The number of nitrogens with two attached hydrogens (primary N) is 1. The summed E-state index contributed by atoms with van der Waals surface area (Å²) in [4.78, 5) is 0. The molecule has 0 unspecified atom stereocenters. The number of halogens is 1. The monoisotopic (exact) mass is 164 g/mol. The standard InChI is InChI=1S/C9H9FN2/c1-6(12)9-3-2-8(10)4-7(9)5-11/h2-4,6H,12H2,1H3/t6-/m0/s1. The van der Waals surface area contributed by atoms with Crippen LogP contribution >= 0.6 is 0 Å². The zero-order valence-electron chi connectivity index (χ0n) is 6.71. The molecule has 0 fully saturated rings. The highest BCUT2D eigenvalue weighted by Crippen LogP contribution is 2.15. The maximum absolute atomic E-state index is 12.6. The van der Waals surface area contributed by atoms with E-state index in [0.29, 0.717) is 11.1 Å². The first-order valence-electron chi connectivity index (χ1n) is 3.60. The number of hydrogen-bond acceptors (Lipinski definition) is 2. The summed E-state index contributed by atoms with van der Waals surface area (Å²) in [6.45, 7) is 1.76. The van der Waals surface area contributed by atoms with E-state index in [1.54, 1.807) is 13.0 Å². The van der Waals surface area contributed by atoms with Crippen LogP contribution in [-0.4, -0.2) is 0 Å². The van der Waals surface area contributed by atoms with Crippen LogP contribution in [0.1, 0.15) is 24.1 Å². The van der Waals surface area contributed by atoms with Gasteiger partial charge in [-0.15, -0.1) is 0 Å². The number of nitrogens with zero attached hydrogens (tertiary/aromatic N) is 1. The lowest BCUT2D eigenvalue weighted by molar-refractivity contribution is 0.625. The molecule has 0 aliphatic rings. The zero-order chi connectivity index (χ0) is 9.14. The van der Waals surface area contributed by atoms with E-state index in [1.807, 2.05) is 6.07 Å². The molecule has 1 atom stereocenters. The number of hydrogen-bond donors (Lipinski definition) is 1. The van der Waals surface area contributed by atoms with Crippen molar-refractivity contribution in [1.82, 2.24) is 0 Å². The lowest BCUT2D eigenvalue weighted by Gasteiger charge is -2.06. The van der Waals surface area contributed by atoms with Gasteiger partial charge >= 0.3 is 0 Å². The molecule has 0 aliphatic carbocycles. The van der Waals surface area contributed by atoms with Gasteiger partial charge in [0, 0.05) is 6.04 Å². The van der Waals surface area contributed by atoms with Gasteiger partial charge in [-0.2, -0.15) is 5.26 Å². The van der Waals surface area contributed by atoms with Crippen molar-refractivity contribution in [1.29, 1.82) is 5.26 Å². The van der Waals surface area contributed by atoms with Gasteiger partial charge in [-0.1, -0.05) is 6.07 Å². The molecule has 3 heteroatoms. The average Bonchev–Trinajstić information content (AvgIpc) is 2.03. The summed E-state index contributed by atoms with van der Waals surface area (Å²) in [5, 5.41) is 8.62. The second-order valence-electron chi connectivity index (χ2n) is 2.63. The molecule has 1 rings (SSSR count). The number of rotatable bonds is 1. The minimum Gasteiger partial charge on any atom is -0.324 e. The lowest BCUT2D eigenvalue weighted by Crippen LogP contribution is -2.07. The van der Waals surface area contributed by atoms with Gasteiger partial charge in [0.2, 0.25) is 0 Å². The third-order valence-electron chi connectivity index (χ3n) is 1.63. The summed E-state index contributed by atoms with van der Waals surface area (Å²) in [5.41, 5.74) is 6.56. The van der Waals surface area contributed by atoms with Crippen LogP contribution in [0.2, 0.25) is 0 Å². The Hall–Kier alpha value is -1.40. The normalized spacial score (nSPS) is 12.2. The zero-order valence-corrected chi connectivity index (χ0v) is 6.71. The fourth-order valence-electron chi connectivity index (χ4n) is 1.02. The van der Waals surface area contributed by atoms with Gasteiger partial charge in [0.05, 0.1) is 11.6 Å². The van der Waals surface area contributed by atoms with Gasteiger partial charge in [-0.3, -0.25) is 0 Å². The topological polar surface area (TPSA) is 49.8 Å². The molecule has 0 amide bonds. The smallest absolute Gasteiger partial charge is 0.124 e. The Labute approximate surface area is 70.4 Å². The van der Waals surface area contributed by atoms with E-state index in [-0.39, 0.29) is 6.04 Å². The first kappa shape index (κ1) is 8.69. The predicted molar refractivity (Wildman–Crippen MR) is 43.7 cm³/mol. The molecule has 1 aromatic rings. The van der Waals surface area contributed by atoms with E-state index < -0.39 is 5.82 Å². The Morgan fingerprint density at radius 3 is 2.75 bits per heavy atom. The van der Waals surface area contributed by atoms with E-state index in [2.05, 4.69) is 0 Å². The summed E-state index contributed by atoms with van der Waals surface area (Å²) in [7, 11) is 0. The third-order valence-corrected chi connectivity index (χ3v) is 1.63. The Morgan fingerprint density at radius 2 is 2.25 bits per heavy atom. The van der Waals surface area contributed by atoms with E-state index in [1.165, 1.54) is 12.1 Å². The van der Waals surface area contributed by atoms with Gasteiger partial charge in [0.1, 0.15) is 5.82 Å². The molecule has 0 heterocycles. The van der Waals surface area contributed by atoms with Gasteiger partial charge in [-0.25, -0.2) is 4.39 Å². The highest BCUT2D eigenvalue weighted by atomic mass is 19.1. The first-order chi connectivity index (χ1) is 5.65. The van der Waals surface area contributed by atoms with Crippen molar-refractivity contribution in [3.8, 4) is 6.07 Å². The summed E-state index contributed by atoms with van der Waals surface area (Å²) in [5.74, 6) is -0.407. The fourth-order valence-corrected chi connectivity index (χ4v) is 1.02. The maximum atomic E-state index is 12.6. The molecule has 2 nitrogen and oxygen atoms in total. The van der Waals surface area contributed by atoms with Crippen LogP contribution in [0.15, 0.2) is 18.2 Å². The molecule has 0 aromatic heterocycles. The first-order valence-corrected chi connectivity index (χ1v) is 3.60. The molecule has 0 spiro atoms. The van der Waals surface area contributed by atoms with Crippen LogP contribution in [-0.2, 0) is 0 Å². The second-order valence-corrected chi connectivity index (χ2v) is 2.63. The summed E-state index contributed by atoms with van der Waals surface area (Å²) in [6.07, 6.45) is 0. The van der Waals surface area contributed by atoms with Crippen LogP contribution < -0.4 is 5.73 Å². The molecule has 1 aromatic carbocycles. The minimum atomic E-state index is -0.407. The van der Waals surface area contributed by atoms with E-state index >= 15 is 0 Å². The van der Waals surface area contributed by atoms with Gasteiger partial charge in [0.25, 0.3) is 0 Å². The molecule has 0 saturated heterocycles. The predicted octanol–water partition coefficient (Wildman–Crippen LogP) is 1.72. The fraction of sp³-hybridized carbons (Fsp3) is 0.222. The Balaban J connectivity index is 3.23. The molecule has 0 aliphatic heterocycles. The van der Waals surface area contributed by atoms with Crippen molar-refractivity contribution in [3.05, 3.63) is 35.1 Å². The van der Waals surface area contributed by atoms with Crippen LogP contribution in [0.4, 0.5) is 4.39 Å². The highest BCUT2D eigenvalue weighted by Gasteiger charge is 2.06. The summed E-state index contributed by atoms with van der Waals surface area (Å²) < 4.78 is 12.6. The molecular formula is C9H9FN2. The van der Waals surface area contributed by atoms with E-state index in [4.69, 9.17) is 11.0 Å². The average molecular weight is 164 g/mol. The van der Waals surface area contributed by atoms with Crippen molar-refractivity contribution in [2.24, 2.45) is 5.73 Å². The van der Waals surface area contributed by atoms with Crippen molar-refractivity contribution in [2.45, 2.75) is 13.0 Å². The Kier molecular flexibility index (Phi) is 2.41. The van der Waals surface area contributed by atoms with E-state index in [9.17, 15) is 4.39 Å². The van der Waals surface area contributed by atoms with E-state index in [0.717, 1.165) is 0 Å². The van der Waals surface area contributed by atoms with Crippen LogP contribution in [0.25, 0.3) is 0 Å². The van der Waals surface area contributed by atoms with Crippen LogP contribution in [0.5, 0.6) is 0 Å². The molecule has 12 heavy (non-hydrogen) atoms. The van der Waals surface area contributed by atoms with Gasteiger partial charge < -0.3 is 5.73 Å². The van der Waals surface area contributed by atoms with Gasteiger partial charge in [-0.05, 0) is 24.6 Å². The number of benzene rings is 1. The van der Waals surface area contributed by atoms with Gasteiger partial charge in [0.15, 0.2) is 0 Å². The quantitative estimate of drug-likeness (QED) is 0.687. The molecule has 0 saturated carbocycles.